The van der Waals surface area contributed by atoms with Gasteiger partial charge in [0.05, 0.1) is 28.7 Å². The molecular formula is C26H24ClN3O2S. The molecule has 5 rings (SSSR count). The topological polar surface area (TPSA) is 43.9 Å². The Morgan fingerprint density at radius 1 is 0.879 bits per heavy atom. The van der Waals surface area contributed by atoms with Crippen LogP contribution in [0.1, 0.15) is 15.9 Å². The minimum atomic E-state index is 0.0246. The Labute approximate surface area is 202 Å². The smallest absolute Gasteiger partial charge is 0.253 e. The predicted molar refractivity (Wildman–Crippen MR) is 134 cm³/mol. The van der Waals surface area contributed by atoms with E-state index in [2.05, 4.69) is 4.90 Å². The summed E-state index contributed by atoms with van der Waals surface area (Å²) in [7, 11) is 0. The first-order valence-electron chi connectivity index (χ1n) is 11.0. The van der Waals surface area contributed by atoms with Crippen molar-refractivity contribution in [3.63, 3.8) is 0 Å². The molecule has 0 aliphatic carbocycles. The van der Waals surface area contributed by atoms with E-state index in [0.717, 1.165) is 39.9 Å². The number of nitrogens with zero attached hydrogens (tertiary/aromatic N) is 3. The maximum Gasteiger partial charge on any atom is 0.253 e. The van der Waals surface area contributed by atoms with Crippen LogP contribution >= 0.6 is 23.4 Å². The van der Waals surface area contributed by atoms with E-state index in [-0.39, 0.29) is 11.8 Å². The Balaban J connectivity index is 1.28. The largest absolute Gasteiger partial charge is 0.367 e. The number of amides is 2. The summed E-state index contributed by atoms with van der Waals surface area (Å²) in [6.07, 6.45) is 0. The van der Waals surface area contributed by atoms with E-state index in [4.69, 9.17) is 11.6 Å². The number of carbonyl (C=O) groups is 2. The first kappa shape index (κ1) is 21.9. The SMILES string of the molecule is O=C(c1cccc(CN2C(=O)CSc3ccccc32)c1)N1CCN(c2ccccc2Cl)CC1. The number of hydrogen-bond acceptors (Lipinski definition) is 4. The summed E-state index contributed by atoms with van der Waals surface area (Å²) in [4.78, 5) is 32.9. The van der Waals surface area contributed by atoms with Crippen LogP contribution in [0.2, 0.25) is 5.02 Å². The molecule has 3 aromatic rings. The van der Waals surface area contributed by atoms with Crippen LogP contribution in [-0.2, 0) is 11.3 Å². The second-order valence-electron chi connectivity index (χ2n) is 8.17. The molecule has 0 atom stereocenters. The van der Waals surface area contributed by atoms with Crippen molar-refractivity contribution in [1.82, 2.24) is 4.90 Å². The van der Waals surface area contributed by atoms with Gasteiger partial charge in [-0.1, -0.05) is 48.0 Å². The number of anilines is 2. The fourth-order valence-electron chi connectivity index (χ4n) is 4.35. The van der Waals surface area contributed by atoms with Crippen LogP contribution in [0.25, 0.3) is 0 Å². The van der Waals surface area contributed by atoms with E-state index in [0.29, 0.717) is 31.0 Å². The highest BCUT2D eigenvalue weighted by molar-refractivity contribution is 8.00. The molecule has 0 aromatic heterocycles. The summed E-state index contributed by atoms with van der Waals surface area (Å²) in [6, 6.07) is 23.4. The molecule has 3 aromatic carbocycles. The second kappa shape index (κ2) is 9.49. The molecule has 0 spiro atoms. The van der Waals surface area contributed by atoms with E-state index in [1.54, 1.807) is 11.8 Å². The first-order valence-corrected chi connectivity index (χ1v) is 12.4. The van der Waals surface area contributed by atoms with Crippen LogP contribution in [0.15, 0.2) is 77.7 Å². The van der Waals surface area contributed by atoms with Gasteiger partial charge in [0.1, 0.15) is 0 Å². The number of thioether (sulfide) groups is 1. The average molecular weight is 478 g/mol. The van der Waals surface area contributed by atoms with Crippen molar-refractivity contribution in [2.24, 2.45) is 0 Å². The standard InChI is InChI=1S/C26H24ClN3O2S/c27-21-8-1-2-9-22(21)28-12-14-29(15-13-28)26(32)20-7-5-6-19(16-20)17-30-23-10-3-4-11-24(23)33-18-25(30)31/h1-11,16H,12-15,17-18H2. The van der Waals surface area contributed by atoms with E-state index in [1.165, 1.54) is 0 Å². The highest BCUT2D eigenvalue weighted by Gasteiger charge is 2.26. The number of halogens is 1. The van der Waals surface area contributed by atoms with Crippen LogP contribution < -0.4 is 9.80 Å². The molecule has 2 aliphatic heterocycles. The second-order valence-corrected chi connectivity index (χ2v) is 9.59. The molecular weight excluding hydrogens is 454 g/mol. The Hall–Kier alpha value is -2.96. The molecule has 2 heterocycles. The minimum Gasteiger partial charge on any atom is -0.367 e. The van der Waals surface area contributed by atoms with Crippen molar-refractivity contribution in [3.05, 3.63) is 88.9 Å². The lowest BCUT2D eigenvalue weighted by Crippen LogP contribution is -2.48. The third-order valence-electron chi connectivity index (χ3n) is 6.08. The third kappa shape index (κ3) is 4.59. The van der Waals surface area contributed by atoms with E-state index in [1.807, 2.05) is 82.6 Å². The first-order chi connectivity index (χ1) is 16.1. The van der Waals surface area contributed by atoms with Crippen molar-refractivity contribution in [1.29, 1.82) is 0 Å². The van der Waals surface area contributed by atoms with Gasteiger partial charge in [-0.05, 0) is 42.0 Å². The van der Waals surface area contributed by atoms with Gasteiger partial charge in [0.15, 0.2) is 0 Å². The van der Waals surface area contributed by atoms with Crippen LogP contribution in [-0.4, -0.2) is 48.6 Å². The van der Waals surface area contributed by atoms with Crippen LogP contribution in [0, 0.1) is 0 Å². The van der Waals surface area contributed by atoms with Crippen LogP contribution in [0.5, 0.6) is 0 Å². The zero-order valence-electron chi connectivity index (χ0n) is 18.1. The lowest BCUT2D eigenvalue weighted by Gasteiger charge is -2.36. The van der Waals surface area contributed by atoms with E-state index < -0.39 is 0 Å². The molecule has 0 saturated carbocycles. The van der Waals surface area contributed by atoms with Crippen molar-refractivity contribution in [2.45, 2.75) is 11.4 Å². The van der Waals surface area contributed by atoms with Crippen LogP contribution in [0.3, 0.4) is 0 Å². The maximum absolute atomic E-state index is 13.2. The Kier molecular flexibility index (Phi) is 6.29. The fraction of sp³-hybridized carbons (Fsp3) is 0.231. The van der Waals surface area contributed by atoms with Gasteiger partial charge in [-0.3, -0.25) is 9.59 Å². The Morgan fingerprint density at radius 2 is 1.61 bits per heavy atom. The maximum atomic E-state index is 13.2. The molecule has 7 heteroatoms. The molecule has 2 aliphatic rings. The summed E-state index contributed by atoms with van der Waals surface area (Å²) < 4.78 is 0. The molecule has 1 saturated heterocycles. The normalized spacial score (nSPS) is 16.0. The van der Waals surface area contributed by atoms with Crippen molar-refractivity contribution in [2.75, 3.05) is 41.7 Å². The van der Waals surface area contributed by atoms with Gasteiger partial charge in [-0.15, -0.1) is 11.8 Å². The number of hydrogen-bond donors (Lipinski definition) is 0. The predicted octanol–water partition coefficient (Wildman–Crippen LogP) is 4.94. The minimum absolute atomic E-state index is 0.0246. The highest BCUT2D eigenvalue weighted by atomic mass is 35.5. The summed E-state index contributed by atoms with van der Waals surface area (Å²) >= 11 is 7.91. The van der Waals surface area contributed by atoms with Gasteiger partial charge in [-0.2, -0.15) is 0 Å². The van der Waals surface area contributed by atoms with Crippen LogP contribution in [0.4, 0.5) is 11.4 Å². The average Bonchev–Trinajstić information content (AvgIpc) is 2.86. The zero-order chi connectivity index (χ0) is 22.8. The molecule has 5 nitrogen and oxygen atoms in total. The number of para-hydroxylation sites is 2. The molecule has 0 unspecified atom stereocenters. The number of piperazine rings is 1. The quantitative estimate of drug-likeness (QED) is 0.533. The van der Waals surface area contributed by atoms with E-state index >= 15 is 0 Å². The van der Waals surface area contributed by atoms with Gasteiger partial charge < -0.3 is 14.7 Å². The molecule has 168 valence electrons. The Bertz CT molecular complexity index is 1190. The Morgan fingerprint density at radius 3 is 2.39 bits per heavy atom. The van der Waals surface area contributed by atoms with Crippen molar-refractivity contribution >= 4 is 46.6 Å². The molecule has 0 bridgehead atoms. The number of benzene rings is 3. The zero-order valence-corrected chi connectivity index (χ0v) is 19.7. The molecule has 33 heavy (non-hydrogen) atoms. The number of rotatable bonds is 4. The monoisotopic (exact) mass is 477 g/mol. The van der Waals surface area contributed by atoms with Gasteiger partial charge >= 0.3 is 0 Å². The lowest BCUT2D eigenvalue weighted by molar-refractivity contribution is -0.116. The van der Waals surface area contributed by atoms with Gasteiger partial charge in [0, 0.05) is 36.6 Å². The van der Waals surface area contributed by atoms with Gasteiger partial charge in [-0.25, -0.2) is 0 Å². The number of fused-ring (bicyclic) bond motifs is 1. The summed E-state index contributed by atoms with van der Waals surface area (Å²) in [5, 5.41) is 0.734. The fourth-order valence-corrected chi connectivity index (χ4v) is 5.54. The highest BCUT2D eigenvalue weighted by Crippen LogP contribution is 2.35. The van der Waals surface area contributed by atoms with Gasteiger partial charge in [0.25, 0.3) is 5.91 Å². The third-order valence-corrected chi connectivity index (χ3v) is 7.45. The van der Waals surface area contributed by atoms with Gasteiger partial charge in [0.2, 0.25) is 5.91 Å². The lowest BCUT2D eigenvalue weighted by atomic mass is 10.1. The summed E-state index contributed by atoms with van der Waals surface area (Å²) in [6.45, 7) is 3.22. The number of carbonyl (C=O) groups excluding carboxylic acids is 2. The molecule has 0 radical (unpaired) electrons. The molecule has 2 amide bonds. The van der Waals surface area contributed by atoms with Crippen molar-refractivity contribution in [3.8, 4) is 0 Å². The molecule has 1 fully saturated rings. The van der Waals surface area contributed by atoms with E-state index in [9.17, 15) is 9.59 Å². The summed E-state index contributed by atoms with van der Waals surface area (Å²) in [5.41, 5.74) is 3.56. The van der Waals surface area contributed by atoms with Crippen molar-refractivity contribution < 1.29 is 9.59 Å². The summed E-state index contributed by atoms with van der Waals surface area (Å²) in [5.74, 6) is 0.549. The molecule has 0 N–H and O–H groups in total.